The van der Waals surface area contributed by atoms with Gasteiger partial charge in [-0.1, -0.05) is 0 Å². The summed E-state index contributed by atoms with van der Waals surface area (Å²) in [5.74, 6) is 1.43. The Morgan fingerprint density at radius 2 is 1.63 bits per heavy atom. The quantitative estimate of drug-likeness (QED) is 0.409. The molecule has 0 radical (unpaired) electrons. The van der Waals surface area contributed by atoms with Crippen LogP contribution in [0.5, 0.6) is 5.75 Å². The SMILES string of the molecule is CC(C)(C)OC(=O)N(C[C@H]1C[C@H](n2cc(-c3ncccc3OC3CC3)c(C3CC3)n2)C1)C(=O)OC(C)(C)C. The molecule has 2 aromatic heterocycles. The number of pyridine rings is 1. The predicted molar refractivity (Wildman–Crippen MR) is 142 cm³/mol. The van der Waals surface area contributed by atoms with Gasteiger partial charge in [-0.05, 0) is 98.1 Å². The van der Waals surface area contributed by atoms with E-state index in [1.54, 1.807) is 41.5 Å². The van der Waals surface area contributed by atoms with Crippen LogP contribution in [0.2, 0.25) is 0 Å². The Kier molecular flexibility index (Phi) is 6.90. The largest absolute Gasteiger partial charge is 0.488 e. The molecular formula is C29H40N4O5. The molecule has 0 aromatic carbocycles. The Labute approximate surface area is 224 Å². The zero-order chi connectivity index (χ0) is 27.2. The van der Waals surface area contributed by atoms with Gasteiger partial charge in [0.2, 0.25) is 0 Å². The summed E-state index contributed by atoms with van der Waals surface area (Å²) in [6, 6.07) is 4.11. The lowest BCUT2D eigenvalue weighted by atomic mass is 9.80. The third kappa shape index (κ3) is 6.48. The van der Waals surface area contributed by atoms with Gasteiger partial charge in [0.05, 0.1) is 17.8 Å². The second kappa shape index (κ2) is 9.89. The van der Waals surface area contributed by atoms with E-state index in [9.17, 15) is 9.59 Å². The van der Waals surface area contributed by atoms with E-state index in [2.05, 4.69) is 15.9 Å². The number of aromatic nitrogens is 3. The van der Waals surface area contributed by atoms with Crippen molar-refractivity contribution in [1.82, 2.24) is 19.7 Å². The molecule has 0 saturated heterocycles. The van der Waals surface area contributed by atoms with Crippen LogP contribution < -0.4 is 4.74 Å². The molecule has 2 amide bonds. The fourth-order valence-electron chi connectivity index (χ4n) is 4.67. The van der Waals surface area contributed by atoms with Crippen molar-refractivity contribution in [3.05, 3.63) is 30.2 Å². The first-order chi connectivity index (χ1) is 17.9. The average molecular weight is 525 g/mol. The van der Waals surface area contributed by atoms with E-state index in [4.69, 9.17) is 19.3 Å². The molecular weight excluding hydrogens is 484 g/mol. The van der Waals surface area contributed by atoms with E-state index >= 15 is 0 Å². The molecule has 3 saturated carbocycles. The maximum atomic E-state index is 12.9. The van der Waals surface area contributed by atoms with Crippen molar-refractivity contribution in [2.45, 2.75) is 109 Å². The number of rotatable bonds is 7. The van der Waals surface area contributed by atoms with Gasteiger partial charge in [0.25, 0.3) is 0 Å². The maximum absolute atomic E-state index is 12.9. The highest BCUT2D eigenvalue weighted by Gasteiger charge is 2.40. The van der Waals surface area contributed by atoms with Crippen LogP contribution in [0.25, 0.3) is 11.3 Å². The molecule has 9 nitrogen and oxygen atoms in total. The summed E-state index contributed by atoms with van der Waals surface area (Å²) in [5.41, 5.74) is 1.59. The molecule has 0 N–H and O–H groups in total. The lowest BCUT2D eigenvalue weighted by Gasteiger charge is -2.38. The van der Waals surface area contributed by atoms with Crippen molar-refractivity contribution in [2.24, 2.45) is 5.92 Å². The zero-order valence-corrected chi connectivity index (χ0v) is 23.4. The third-order valence-corrected chi connectivity index (χ3v) is 6.82. The van der Waals surface area contributed by atoms with Gasteiger partial charge in [0, 0.05) is 30.4 Å². The van der Waals surface area contributed by atoms with E-state index in [1.165, 1.54) is 0 Å². The molecule has 2 aromatic rings. The average Bonchev–Trinajstić information content (AvgIpc) is 3.70. The lowest BCUT2D eigenvalue weighted by molar-refractivity contribution is -0.00641. The molecule has 3 aliphatic rings. The molecule has 0 unspecified atom stereocenters. The summed E-state index contributed by atoms with van der Waals surface area (Å²) < 4.78 is 19.2. The van der Waals surface area contributed by atoms with Crippen molar-refractivity contribution in [1.29, 1.82) is 0 Å². The second-order valence-corrected chi connectivity index (χ2v) is 12.9. The van der Waals surface area contributed by atoms with Gasteiger partial charge in [0.15, 0.2) is 0 Å². The molecule has 0 aliphatic heterocycles. The number of carbonyl (C=O) groups is 2. The fraction of sp³-hybridized carbons (Fsp3) is 0.655. The normalized spacial score (nSPS) is 21.4. The van der Waals surface area contributed by atoms with Gasteiger partial charge in [-0.3, -0.25) is 9.67 Å². The van der Waals surface area contributed by atoms with Crippen molar-refractivity contribution in [3.8, 4) is 17.0 Å². The summed E-state index contributed by atoms with van der Waals surface area (Å²) in [6.45, 7) is 11.0. The van der Waals surface area contributed by atoms with Crippen LogP contribution in [-0.4, -0.2) is 55.7 Å². The van der Waals surface area contributed by atoms with Crippen LogP contribution in [0.1, 0.15) is 97.7 Å². The first kappa shape index (κ1) is 26.5. The van der Waals surface area contributed by atoms with E-state index in [0.29, 0.717) is 12.0 Å². The third-order valence-electron chi connectivity index (χ3n) is 6.82. The summed E-state index contributed by atoms with van der Waals surface area (Å²) >= 11 is 0. The van der Waals surface area contributed by atoms with Crippen molar-refractivity contribution >= 4 is 12.2 Å². The van der Waals surface area contributed by atoms with Crippen molar-refractivity contribution < 1.29 is 23.8 Å². The van der Waals surface area contributed by atoms with E-state index in [1.807, 2.05) is 18.3 Å². The molecule has 206 valence electrons. The number of hydrogen-bond acceptors (Lipinski definition) is 7. The Hall–Kier alpha value is -3.10. The van der Waals surface area contributed by atoms with Gasteiger partial charge in [-0.15, -0.1) is 0 Å². The topological polar surface area (TPSA) is 95.8 Å². The molecule has 0 atom stereocenters. The van der Waals surface area contributed by atoms with Crippen LogP contribution in [0.15, 0.2) is 24.5 Å². The van der Waals surface area contributed by atoms with Gasteiger partial charge in [-0.25, -0.2) is 14.5 Å². The zero-order valence-electron chi connectivity index (χ0n) is 23.4. The molecule has 5 rings (SSSR count). The predicted octanol–water partition coefficient (Wildman–Crippen LogP) is 6.49. The van der Waals surface area contributed by atoms with Crippen LogP contribution in [-0.2, 0) is 9.47 Å². The standard InChI is InChI=1S/C29H40N4O5/c1-28(2,3)37-26(34)32(27(35)38-29(4,5)6)16-18-14-20(15-18)33-17-22(24(31-33)19-9-10-19)25-23(8-7-13-30-25)36-21-11-12-21/h7-8,13,17-21H,9-12,14-16H2,1-6H3/t18-,20-. The van der Waals surface area contributed by atoms with Crippen LogP contribution >= 0.6 is 0 Å². The summed E-state index contributed by atoms with van der Waals surface area (Å²) in [7, 11) is 0. The van der Waals surface area contributed by atoms with Crippen molar-refractivity contribution in [3.63, 3.8) is 0 Å². The van der Waals surface area contributed by atoms with Gasteiger partial charge in [-0.2, -0.15) is 5.10 Å². The highest BCUT2D eigenvalue weighted by Crippen LogP contribution is 2.47. The van der Waals surface area contributed by atoms with Gasteiger partial charge in [0.1, 0.15) is 22.6 Å². The fourth-order valence-corrected chi connectivity index (χ4v) is 4.67. The highest BCUT2D eigenvalue weighted by atomic mass is 16.6. The van der Waals surface area contributed by atoms with E-state index in [-0.39, 0.29) is 18.5 Å². The van der Waals surface area contributed by atoms with E-state index < -0.39 is 23.4 Å². The minimum atomic E-state index is -0.711. The Balaban J connectivity index is 1.29. The number of carbonyl (C=O) groups excluding carboxylic acids is 2. The molecule has 38 heavy (non-hydrogen) atoms. The second-order valence-electron chi connectivity index (χ2n) is 12.9. The molecule has 0 spiro atoms. The maximum Gasteiger partial charge on any atom is 0.419 e. The van der Waals surface area contributed by atoms with E-state index in [0.717, 1.165) is 66.1 Å². The minimum absolute atomic E-state index is 0.140. The number of nitrogens with zero attached hydrogens (tertiary/aromatic N) is 4. The summed E-state index contributed by atoms with van der Waals surface area (Å²) in [5, 5.41) is 5.01. The Bertz CT molecular complexity index is 1150. The molecule has 3 fully saturated rings. The Morgan fingerprint density at radius 1 is 1.00 bits per heavy atom. The first-order valence-electron chi connectivity index (χ1n) is 13.8. The number of amides is 2. The highest BCUT2D eigenvalue weighted by molar-refractivity contribution is 5.88. The molecule has 3 aliphatic carbocycles. The van der Waals surface area contributed by atoms with Crippen LogP contribution in [0.3, 0.4) is 0 Å². The lowest BCUT2D eigenvalue weighted by Crippen LogP contribution is -2.47. The minimum Gasteiger partial charge on any atom is -0.488 e. The summed E-state index contributed by atoms with van der Waals surface area (Å²) in [6.07, 6.45) is 8.95. The number of imide groups is 1. The molecule has 9 heteroatoms. The van der Waals surface area contributed by atoms with Gasteiger partial charge < -0.3 is 14.2 Å². The first-order valence-corrected chi connectivity index (χ1v) is 13.8. The van der Waals surface area contributed by atoms with Crippen LogP contribution in [0, 0.1) is 5.92 Å². The smallest absolute Gasteiger partial charge is 0.419 e. The monoisotopic (exact) mass is 524 g/mol. The summed E-state index contributed by atoms with van der Waals surface area (Å²) in [4.78, 5) is 31.5. The van der Waals surface area contributed by atoms with Crippen molar-refractivity contribution in [2.75, 3.05) is 6.54 Å². The van der Waals surface area contributed by atoms with Gasteiger partial charge >= 0.3 is 12.2 Å². The molecule has 2 heterocycles. The number of hydrogen-bond donors (Lipinski definition) is 0. The number of ether oxygens (including phenoxy) is 3. The molecule has 0 bridgehead atoms. The Morgan fingerprint density at radius 3 is 2.18 bits per heavy atom. The van der Waals surface area contributed by atoms with Crippen LogP contribution in [0.4, 0.5) is 9.59 Å².